The highest BCUT2D eigenvalue weighted by Gasteiger charge is 2.36. The molecule has 0 atom stereocenters. The first kappa shape index (κ1) is 27.5. The van der Waals surface area contributed by atoms with Crippen molar-refractivity contribution in [2.45, 2.75) is 31.7 Å². The van der Waals surface area contributed by atoms with Gasteiger partial charge in [-0.15, -0.1) is 0 Å². The second kappa shape index (κ2) is 14.5. The molecule has 0 saturated carbocycles. The lowest BCUT2D eigenvalue weighted by Crippen LogP contribution is -2.42. The first-order valence-corrected chi connectivity index (χ1v) is 13.2. The fourth-order valence-electron chi connectivity index (χ4n) is 3.39. The summed E-state index contributed by atoms with van der Waals surface area (Å²) in [6.07, 6.45) is 7.01. The summed E-state index contributed by atoms with van der Waals surface area (Å²) in [5, 5.41) is 0. The fourth-order valence-corrected chi connectivity index (χ4v) is 5.19. The van der Waals surface area contributed by atoms with Gasteiger partial charge in [-0.2, -0.15) is 0 Å². The highest BCUT2D eigenvalue weighted by atomic mass is 28.4. The van der Waals surface area contributed by atoms with Gasteiger partial charge in [0, 0.05) is 44.6 Å². The van der Waals surface area contributed by atoms with E-state index in [1.165, 1.54) is 13.2 Å². The Kier molecular flexibility index (Phi) is 11.7. The molecule has 184 valence electrons. The molecule has 0 bridgehead atoms. The van der Waals surface area contributed by atoms with E-state index in [1.807, 2.05) is 12.1 Å². The lowest BCUT2D eigenvalue weighted by molar-refractivity contribution is -0.134. The molecule has 0 aromatic heterocycles. The van der Waals surface area contributed by atoms with Crippen molar-refractivity contribution in [2.75, 3.05) is 35.0 Å². The van der Waals surface area contributed by atoms with Gasteiger partial charge >= 0.3 is 14.8 Å². The van der Waals surface area contributed by atoms with Crippen LogP contribution < -0.4 is 4.74 Å². The van der Waals surface area contributed by atoms with Crippen LogP contribution in [0, 0.1) is 0 Å². The van der Waals surface area contributed by atoms with Crippen molar-refractivity contribution in [3.05, 3.63) is 71.3 Å². The van der Waals surface area contributed by atoms with Crippen LogP contribution in [-0.2, 0) is 22.8 Å². The number of rotatable bonds is 15. The van der Waals surface area contributed by atoms with Crippen LogP contribution in [0.15, 0.2) is 54.6 Å². The van der Waals surface area contributed by atoms with Crippen LogP contribution >= 0.6 is 0 Å². The summed E-state index contributed by atoms with van der Waals surface area (Å²) in [4.78, 5) is 23.9. The number of methoxy groups -OCH3 is 1. The number of esters is 1. The number of unbranched alkanes of at least 4 members (excludes halogenated alkanes) is 3. The summed E-state index contributed by atoms with van der Waals surface area (Å²) in [6, 6.07) is 15.0. The molecule has 0 N–H and O–H groups in total. The summed E-state index contributed by atoms with van der Waals surface area (Å²) < 4.78 is 26.7. The zero-order valence-electron chi connectivity index (χ0n) is 20.4. The van der Waals surface area contributed by atoms with Crippen molar-refractivity contribution in [1.29, 1.82) is 0 Å². The molecule has 0 spiro atoms. The number of carbonyl (C=O) groups is 2. The monoisotopic (exact) mass is 486 g/mol. The van der Waals surface area contributed by atoms with E-state index in [4.69, 9.17) is 18.0 Å². The molecule has 0 radical (unpaired) electrons. The average Bonchev–Trinajstić information content (AvgIpc) is 2.89. The van der Waals surface area contributed by atoms with E-state index in [9.17, 15) is 9.59 Å². The standard InChI is InChI=1S/C26H34O7Si/c1-29-25(27)18-11-21-9-12-22(13-10-21)26(28)23-14-16-24(17-15-23)33-19-7-5-6-8-20-34(30-2,31-3)32-4/h9-18H,5-8,19-20H2,1-4H3/b18-11+. The van der Waals surface area contributed by atoms with Gasteiger partial charge in [0.25, 0.3) is 0 Å². The summed E-state index contributed by atoms with van der Waals surface area (Å²) in [6.45, 7) is 0.620. The first-order valence-electron chi connectivity index (χ1n) is 11.3. The van der Waals surface area contributed by atoms with Crippen LogP contribution in [-0.4, -0.2) is 55.6 Å². The Morgan fingerprint density at radius 2 is 1.32 bits per heavy atom. The Labute approximate surface area is 203 Å². The van der Waals surface area contributed by atoms with E-state index >= 15 is 0 Å². The van der Waals surface area contributed by atoms with Crippen LogP contribution in [0.5, 0.6) is 5.75 Å². The predicted octanol–water partition coefficient (Wildman–Crippen LogP) is 4.92. The Balaban J connectivity index is 1.75. The zero-order valence-corrected chi connectivity index (χ0v) is 21.4. The second-order valence-corrected chi connectivity index (χ2v) is 10.7. The van der Waals surface area contributed by atoms with Gasteiger partial charge in [-0.05, 0) is 48.7 Å². The average molecular weight is 487 g/mol. The number of carbonyl (C=O) groups excluding carboxylic acids is 2. The molecule has 0 aliphatic heterocycles. The van der Waals surface area contributed by atoms with Crippen LogP contribution in [0.1, 0.15) is 47.2 Å². The number of hydrogen-bond acceptors (Lipinski definition) is 7. The molecular weight excluding hydrogens is 452 g/mol. The molecule has 0 heterocycles. The lowest BCUT2D eigenvalue weighted by Gasteiger charge is -2.24. The predicted molar refractivity (Wildman–Crippen MR) is 133 cm³/mol. The lowest BCUT2D eigenvalue weighted by atomic mass is 10.0. The Morgan fingerprint density at radius 1 is 0.765 bits per heavy atom. The Bertz CT molecular complexity index is 911. The molecule has 8 heteroatoms. The fraction of sp³-hybridized carbons (Fsp3) is 0.385. The quantitative estimate of drug-likeness (QED) is 0.116. The maximum atomic E-state index is 12.7. The smallest absolute Gasteiger partial charge is 0.494 e. The molecule has 0 saturated heterocycles. The van der Waals surface area contributed by atoms with Crippen LogP contribution in [0.25, 0.3) is 6.08 Å². The minimum absolute atomic E-state index is 0.0714. The van der Waals surface area contributed by atoms with Crippen LogP contribution in [0.3, 0.4) is 0 Å². The Morgan fingerprint density at radius 3 is 1.88 bits per heavy atom. The molecule has 0 unspecified atom stereocenters. The normalized spacial score (nSPS) is 11.5. The molecule has 2 aromatic rings. The van der Waals surface area contributed by atoms with Crippen molar-refractivity contribution in [3.8, 4) is 5.75 Å². The first-order chi connectivity index (χ1) is 16.5. The molecule has 2 rings (SSSR count). The number of ether oxygens (including phenoxy) is 2. The number of hydrogen-bond donors (Lipinski definition) is 0. The van der Waals surface area contributed by atoms with Crippen LogP contribution in [0.4, 0.5) is 0 Å². The van der Waals surface area contributed by atoms with E-state index in [0.29, 0.717) is 17.7 Å². The van der Waals surface area contributed by atoms with Gasteiger partial charge in [0.1, 0.15) is 5.75 Å². The maximum absolute atomic E-state index is 12.7. The van der Waals surface area contributed by atoms with E-state index in [-0.39, 0.29) is 5.78 Å². The van der Waals surface area contributed by atoms with Crippen molar-refractivity contribution in [2.24, 2.45) is 0 Å². The summed E-state index contributed by atoms with van der Waals surface area (Å²) >= 11 is 0. The van der Waals surface area contributed by atoms with Crippen molar-refractivity contribution in [1.82, 2.24) is 0 Å². The molecule has 0 aliphatic rings. The highest BCUT2D eigenvalue weighted by Crippen LogP contribution is 2.19. The van der Waals surface area contributed by atoms with Gasteiger partial charge in [0.2, 0.25) is 0 Å². The molecule has 2 aromatic carbocycles. The third-order valence-corrected chi connectivity index (χ3v) is 8.31. The minimum atomic E-state index is -2.47. The van der Waals surface area contributed by atoms with Crippen molar-refractivity contribution < 1.29 is 32.3 Å². The number of ketones is 1. The SMILES string of the molecule is COC(=O)/C=C/c1ccc(C(=O)c2ccc(OCCCCCC[Si](OC)(OC)OC)cc2)cc1. The van der Waals surface area contributed by atoms with E-state index in [1.54, 1.807) is 63.8 Å². The van der Waals surface area contributed by atoms with Crippen molar-refractivity contribution in [3.63, 3.8) is 0 Å². The maximum Gasteiger partial charge on any atom is 0.500 e. The zero-order chi connectivity index (χ0) is 24.8. The third-order valence-electron chi connectivity index (χ3n) is 5.48. The molecular formula is C26H34O7Si. The van der Waals surface area contributed by atoms with Gasteiger partial charge in [-0.3, -0.25) is 4.79 Å². The van der Waals surface area contributed by atoms with Gasteiger partial charge in [0.15, 0.2) is 5.78 Å². The molecule has 7 nitrogen and oxygen atoms in total. The van der Waals surface area contributed by atoms with Gasteiger partial charge < -0.3 is 22.8 Å². The highest BCUT2D eigenvalue weighted by molar-refractivity contribution is 6.60. The molecule has 34 heavy (non-hydrogen) atoms. The van der Waals surface area contributed by atoms with Crippen LogP contribution in [0.2, 0.25) is 6.04 Å². The molecule has 0 aliphatic carbocycles. The minimum Gasteiger partial charge on any atom is -0.494 e. The van der Waals surface area contributed by atoms with Gasteiger partial charge in [-0.1, -0.05) is 37.1 Å². The second-order valence-electron chi connectivity index (χ2n) is 7.64. The summed E-state index contributed by atoms with van der Waals surface area (Å²) in [5.41, 5.74) is 1.97. The van der Waals surface area contributed by atoms with Gasteiger partial charge in [0.05, 0.1) is 13.7 Å². The third kappa shape index (κ3) is 8.53. The molecule has 0 fully saturated rings. The summed E-state index contributed by atoms with van der Waals surface area (Å²) in [7, 11) is 3.76. The largest absolute Gasteiger partial charge is 0.500 e. The summed E-state index contributed by atoms with van der Waals surface area (Å²) in [5.74, 6) is 0.244. The van der Waals surface area contributed by atoms with Gasteiger partial charge in [-0.25, -0.2) is 4.79 Å². The van der Waals surface area contributed by atoms with Crippen molar-refractivity contribution >= 4 is 26.6 Å². The van der Waals surface area contributed by atoms with E-state index in [0.717, 1.165) is 43.0 Å². The van der Waals surface area contributed by atoms with E-state index < -0.39 is 14.8 Å². The topological polar surface area (TPSA) is 80.3 Å². The number of benzene rings is 2. The Hall–Kier alpha value is -2.78. The molecule has 0 amide bonds. The van der Waals surface area contributed by atoms with E-state index in [2.05, 4.69) is 4.74 Å².